The Kier molecular flexibility index (Phi) is 0.887. The molecule has 2 aromatic heterocycles. The van der Waals surface area contributed by atoms with Crippen molar-refractivity contribution in [3.05, 3.63) is 24.5 Å². The highest BCUT2D eigenvalue weighted by atomic mass is 15.4. The van der Waals surface area contributed by atoms with Crippen LogP contribution in [0.1, 0.15) is 0 Å². The average molecular weight is 134 g/mol. The number of rotatable bonds is 0. The second-order valence-electron chi connectivity index (χ2n) is 1.99. The van der Waals surface area contributed by atoms with Gasteiger partial charge in [0.2, 0.25) is 0 Å². The SMILES string of the molecule is Nc1ccnn2nccc12. The molecule has 0 bridgehead atoms. The van der Waals surface area contributed by atoms with Gasteiger partial charge in [0.25, 0.3) is 0 Å². The van der Waals surface area contributed by atoms with Crippen molar-refractivity contribution < 1.29 is 0 Å². The molecule has 2 N–H and O–H groups in total. The summed E-state index contributed by atoms with van der Waals surface area (Å²) >= 11 is 0. The van der Waals surface area contributed by atoms with E-state index in [1.54, 1.807) is 18.5 Å². The molecule has 0 aliphatic heterocycles. The minimum Gasteiger partial charge on any atom is -0.397 e. The van der Waals surface area contributed by atoms with E-state index < -0.39 is 0 Å². The van der Waals surface area contributed by atoms with Crippen LogP contribution < -0.4 is 5.73 Å². The van der Waals surface area contributed by atoms with Crippen molar-refractivity contribution in [2.75, 3.05) is 5.73 Å². The zero-order valence-electron chi connectivity index (χ0n) is 5.23. The van der Waals surface area contributed by atoms with Crippen LogP contribution in [0.25, 0.3) is 5.52 Å². The van der Waals surface area contributed by atoms with Gasteiger partial charge in [0.1, 0.15) is 5.52 Å². The van der Waals surface area contributed by atoms with Gasteiger partial charge in [-0.1, -0.05) is 0 Å². The van der Waals surface area contributed by atoms with Crippen molar-refractivity contribution in [2.24, 2.45) is 0 Å². The van der Waals surface area contributed by atoms with Crippen molar-refractivity contribution in [1.29, 1.82) is 0 Å². The number of hydrogen-bond acceptors (Lipinski definition) is 3. The Morgan fingerprint density at radius 3 is 2.60 bits per heavy atom. The number of nitrogens with zero attached hydrogens (tertiary/aromatic N) is 3. The molecule has 4 nitrogen and oxygen atoms in total. The molecule has 10 heavy (non-hydrogen) atoms. The van der Waals surface area contributed by atoms with Gasteiger partial charge in [-0.15, -0.1) is 4.63 Å². The third kappa shape index (κ3) is 0.556. The Bertz CT molecular complexity index is 351. The number of anilines is 1. The maximum atomic E-state index is 5.60. The molecule has 0 aromatic carbocycles. The van der Waals surface area contributed by atoms with E-state index in [4.69, 9.17) is 5.73 Å². The van der Waals surface area contributed by atoms with Crippen LogP contribution >= 0.6 is 0 Å². The molecule has 2 aromatic rings. The molecule has 0 saturated carbocycles. The minimum atomic E-state index is 0.701. The Morgan fingerprint density at radius 1 is 1.20 bits per heavy atom. The van der Waals surface area contributed by atoms with E-state index in [0.29, 0.717) is 5.69 Å². The Labute approximate surface area is 57.3 Å². The summed E-state index contributed by atoms with van der Waals surface area (Å²) in [5.41, 5.74) is 7.15. The molecule has 0 fully saturated rings. The van der Waals surface area contributed by atoms with Gasteiger partial charge in [-0.05, 0) is 12.1 Å². The second kappa shape index (κ2) is 1.70. The first-order valence-corrected chi connectivity index (χ1v) is 2.92. The van der Waals surface area contributed by atoms with Crippen LogP contribution in [-0.4, -0.2) is 14.8 Å². The highest BCUT2D eigenvalue weighted by Crippen LogP contribution is 2.08. The smallest absolute Gasteiger partial charge is 0.110 e. The van der Waals surface area contributed by atoms with Gasteiger partial charge in [-0.2, -0.15) is 10.2 Å². The molecule has 4 heteroatoms. The Balaban J connectivity index is 2.95. The van der Waals surface area contributed by atoms with E-state index in [2.05, 4.69) is 10.2 Å². The summed E-state index contributed by atoms with van der Waals surface area (Å²) < 4.78 is 1.50. The van der Waals surface area contributed by atoms with Crippen LogP contribution in [0.3, 0.4) is 0 Å². The molecule has 2 rings (SSSR count). The van der Waals surface area contributed by atoms with Crippen molar-refractivity contribution in [2.45, 2.75) is 0 Å². The van der Waals surface area contributed by atoms with E-state index in [-0.39, 0.29) is 0 Å². The number of nitrogens with two attached hydrogens (primary N) is 1. The largest absolute Gasteiger partial charge is 0.397 e. The molecule has 0 radical (unpaired) electrons. The molecule has 50 valence electrons. The van der Waals surface area contributed by atoms with Crippen molar-refractivity contribution in [1.82, 2.24) is 14.8 Å². The fourth-order valence-corrected chi connectivity index (χ4v) is 0.862. The Hall–Kier alpha value is -1.58. The highest BCUT2D eigenvalue weighted by Gasteiger charge is 1.95. The van der Waals surface area contributed by atoms with E-state index in [9.17, 15) is 0 Å². The van der Waals surface area contributed by atoms with Gasteiger partial charge in [-0.25, -0.2) is 0 Å². The standard InChI is InChI=1S/C6H6N4/c7-5-1-3-8-10-6(5)2-4-9-10/h1-4H,7H2. The molecule has 0 amide bonds. The van der Waals surface area contributed by atoms with E-state index in [1.807, 2.05) is 6.07 Å². The van der Waals surface area contributed by atoms with Gasteiger partial charge < -0.3 is 5.73 Å². The lowest BCUT2D eigenvalue weighted by Crippen LogP contribution is -1.95. The van der Waals surface area contributed by atoms with Crippen LogP contribution in [0, 0.1) is 0 Å². The highest BCUT2D eigenvalue weighted by molar-refractivity contribution is 5.67. The zero-order valence-corrected chi connectivity index (χ0v) is 5.23. The molecular weight excluding hydrogens is 128 g/mol. The van der Waals surface area contributed by atoms with Crippen LogP contribution in [0.5, 0.6) is 0 Å². The van der Waals surface area contributed by atoms with Gasteiger partial charge >= 0.3 is 0 Å². The van der Waals surface area contributed by atoms with E-state index in [1.165, 1.54) is 4.63 Å². The van der Waals surface area contributed by atoms with Crippen molar-refractivity contribution in [3.63, 3.8) is 0 Å². The fraction of sp³-hybridized carbons (Fsp3) is 0. The number of fused-ring (bicyclic) bond motifs is 1. The number of hydrogen-bond donors (Lipinski definition) is 1. The maximum Gasteiger partial charge on any atom is 0.110 e. The van der Waals surface area contributed by atoms with E-state index in [0.717, 1.165) is 5.52 Å². The predicted octanol–water partition coefficient (Wildman–Crippen LogP) is 0.311. The van der Waals surface area contributed by atoms with Crippen LogP contribution in [-0.2, 0) is 0 Å². The molecule has 2 heterocycles. The Morgan fingerprint density at radius 2 is 1.90 bits per heavy atom. The summed E-state index contributed by atoms with van der Waals surface area (Å²) in [5.74, 6) is 0. The first-order chi connectivity index (χ1) is 4.88. The quantitative estimate of drug-likeness (QED) is 0.564. The first kappa shape index (κ1) is 5.22. The normalized spacial score (nSPS) is 10.4. The summed E-state index contributed by atoms with van der Waals surface area (Å²) in [6.45, 7) is 0. The second-order valence-corrected chi connectivity index (χ2v) is 1.99. The van der Waals surface area contributed by atoms with Crippen LogP contribution in [0.4, 0.5) is 5.69 Å². The lowest BCUT2D eigenvalue weighted by Gasteiger charge is -1.92. The van der Waals surface area contributed by atoms with Crippen LogP contribution in [0.15, 0.2) is 24.5 Å². The molecule has 0 unspecified atom stereocenters. The molecule has 0 aliphatic carbocycles. The third-order valence-corrected chi connectivity index (χ3v) is 1.35. The van der Waals surface area contributed by atoms with Crippen molar-refractivity contribution in [3.8, 4) is 0 Å². The maximum absolute atomic E-state index is 5.60. The summed E-state index contributed by atoms with van der Waals surface area (Å²) in [6, 6.07) is 3.57. The molecule has 0 saturated heterocycles. The fourth-order valence-electron chi connectivity index (χ4n) is 0.862. The third-order valence-electron chi connectivity index (χ3n) is 1.35. The zero-order chi connectivity index (χ0) is 6.97. The van der Waals surface area contributed by atoms with Gasteiger partial charge in [0, 0.05) is 0 Å². The molecular formula is C6H6N4. The lowest BCUT2D eigenvalue weighted by atomic mass is 10.4. The number of nitrogen functional groups attached to an aromatic ring is 1. The van der Waals surface area contributed by atoms with Gasteiger partial charge in [0.05, 0.1) is 18.1 Å². The summed E-state index contributed by atoms with van der Waals surface area (Å²) in [5, 5.41) is 7.83. The monoisotopic (exact) mass is 134 g/mol. The summed E-state index contributed by atoms with van der Waals surface area (Å²) in [6.07, 6.45) is 3.29. The lowest BCUT2D eigenvalue weighted by molar-refractivity contribution is 0.801. The number of aromatic nitrogens is 3. The predicted molar refractivity (Wildman–Crippen MR) is 37.4 cm³/mol. The van der Waals surface area contributed by atoms with Gasteiger partial charge in [-0.3, -0.25) is 0 Å². The molecule has 0 aliphatic rings. The van der Waals surface area contributed by atoms with Crippen LogP contribution in [0.2, 0.25) is 0 Å². The van der Waals surface area contributed by atoms with E-state index >= 15 is 0 Å². The van der Waals surface area contributed by atoms with Gasteiger partial charge in [0.15, 0.2) is 0 Å². The minimum absolute atomic E-state index is 0.701. The summed E-state index contributed by atoms with van der Waals surface area (Å²) in [4.78, 5) is 0. The first-order valence-electron chi connectivity index (χ1n) is 2.92. The summed E-state index contributed by atoms with van der Waals surface area (Å²) in [7, 11) is 0. The topological polar surface area (TPSA) is 56.2 Å². The molecule has 0 atom stereocenters. The molecule has 0 spiro atoms. The van der Waals surface area contributed by atoms with Crippen molar-refractivity contribution >= 4 is 11.2 Å². The average Bonchev–Trinajstić information content (AvgIpc) is 2.36.